The van der Waals surface area contributed by atoms with Gasteiger partial charge in [-0.25, -0.2) is 53.0 Å². The molecular weight excluding hydrogens is 1870 g/mol. The van der Waals surface area contributed by atoms with E-state index in [0.717, 1.165) is 187 Å². The average Bonchev–Trinajstić information content (AvgIpc) is 0.840. The minimum Gasteiger partial charge on any atom is -0.496 e. The lowest BCUT2D eigenvalue weighted by Crippen LogP contribution is -2.44. The van der Waals surface area contributed by atoms with Crippen LogP contribution in [0.1, 0.15) is 88.8 Å². The second kappa shape index (κ2) is 50.2. The molecule has 0 atom stereocenters. The molecule has 4 aliphatic rings. The number of anilines is 12. The van der Waals surface area contributed by atoms with E-state index in [1.54, 1.807) is 68.3 Å². The molecule has 12 aromatic rings. The van der Waals surface area contributed by atoms with Gasteiger partial charge in [0.25, 0.3) is 0 Å². The molecule has 0 amide bonds. The number of benzene rings is 8. The smallest absolute Gasteiger partial charge is 0.227 e. The number of nitrogens with one attached hydrogen (secondary N) is 4. The molecule has 4 aromatic heterocycles. The molecular formula is C101H115Cl8F3N20O2. The number of piperazine rings is 4. The molecule has 0 unspecified atom stereocenters. The van der Waals surface area contributed by atoms with E-state index in [2.05, 4.69) is 198 Å². The normalized spacial score (nSPS) is 14.4. The van der Waals surface area contributed by atoms with Crippen LogP contribution in [0.4, 0.5) is 82.5 Å². The summed E-state index contributed by atoms with van der Waals surface area (Å²) in [4.78, 5) is 54.7. The van der Waals surface area contributed by atoms with E-state index in [-0.39, 0.29) is 17.5 Å². The summed E-state index contributed by atoms with van der Waals surface area (Å²) in [6.45, 7) is 23.3. The number of nitrogens with zero attached hydrogens (tertiary/aromatic N) is 16. The van der Waals surface area contributed by atoms with Crippen molar-refractivity contribution in [2.45, 2.75) is 97.8 Å². The molecule has 4 N–H and O–H groups in total. The molecule has 16 rings (SSSR count). The van der Waals surface area contributed by atoms with E-state index in [4.69, 9.17) is 107 Å². The molecule has 33 heteroatoms. The number of para-hydroxylation sites is 1. The third kappa shape index (κ3) is 29.1. The molecule has 8 heterocycles. The Bertz CT molecular complexity index is 5650. The Morgan fingerprint density at radius 3 is 0.948 bits per heavy atom. The molecule has 708 valence electrons. The van der Waals surface area contributed by atoms with Crippen molar-refractivity contribution in [2.24, 2.45) is 0 Å². The summed E-state index contributed by atoms with van der Waals surface area (Å²) >= 11 is 50.3. The largest absolute Gasteiger partial charge is 0.496 e. The minimum atomic E-state index is -0.298. The third-order valence-corrected chi connectivity index (χ3v) is 26.8. The Hall–Kier alpha value is -9.97. The predicted molar refractivity (Wildman–Crippen MR) is 547 cm³/mol. The first kappa shape index (κ1) is 101. The second-order valence-electron chi connectivity index (χ2n) is 33.7. The Balaban J connectivity index is 0.000000152. The minimum absolute atomic E-state index is 0.283. The molecule has 0 radical (unpaired) electrons. The second-order valence-corrected chi connectivity index (χ2v) is 37.0. The van der Waals surface area contributed by atoms with E-state index in [1.165, 1.54) is 40.7 Å². The highest BCUT2D eigenvalue weighted by molar-refractivity contribution is 6.34. The van der Waals surface area contributed by atoms with E-state index < -0.39 is 0 Å². The first-order valence-corrected chi connectivity index (χ1v) is 48.4. The molecule has 8 aromatic carbocycles. The fourth-order valence-electron chi connectivity index (χ4n) is 16.1. The molecule has 4 aliphatic heterocycles. The maximum atomic E-state index is 14.1. The number of hydrogen-bond donors (Lipinski definition) is 4. The van der Waals surface area contributed by atoms with Crippen LogP contribution in [0.25, 0.3) is 0 Å². The third-order valence-electron chi connectivity index (χ3n) is 24.1. The summed E-state index contributed by atoms with van der Waals surface area (Å²) in [5.74, 6) is 2.70. The molecule has 0 aliphatic carbocycles. The SMILES string of the molecule is CCOc1cc(N2CCN(C)CC2)ccc1Nc1ncc(Cl)c(CCCc2c(F)cccc2Cl)n1.CN1CCN(c2ccc(Nc3ncc(Cl)c(CCCc4c(F)cccc4Cl)n3)c(Cl)c2)CC1.COc1ccccc1CCCc1nc(Nc2ccc(N3CCN(C)CC3)cc2C)ncc1Cl.Cc1cc(N2CCN(C)CC2)ccc1Nc1ncc(Cl)c(CCCc2c(F)cccc2Cl)n1. The van der Waals surface area contributed by atoms with Crippen LogP contribution in [-0.4, -0.2) is 206 Å². The van der Waals surface area contributed by atoms with Gasteiger partial charge in [-0.15, -0.1) is 0 Å². The highest BCUT2D eigenvalue weighted by atomic mass is 35.5. The van der Waals surface area contributed by atoms with Crippen molar-refractivity contribution in [3.63, 3.8) is 0 Å². The van der Waals surface area contributed by atoms with Crippen LogP contribution in [-0.2, 0) is 51.4 Å². The van der Waals surface area contributed by atoms with Gasteiger partial charge >= 0.3 is 0 Å². The van der Waals surface area contributed by atoms with Gasteiger partial charge in [0.15, 0.2) is 0 Å². The lowest BCUT2D eigenvalue weighted by Gasteiger charge is -2.34. The monoisotopic (exact) mass is 1980 g/mol. The number of aromatic nitrogens is 8. The van der Waals surface area contributed by atoms with E-state index in [9.17, 15) is 13.2 Å². The van der Waals surface area contributed by atoms with E-state index >= 15 is 0 Å². The van der Waals surface area contributed by atoms with Gasteiger partial charge in [0, 0.05) is 177 Å². The van der Waals surface area contributed by atoms with Crippen LogP contribution in [0.5, 0.6) is 11.5 Å². The van der Waals surface area contributed by atoms with Gasteiger partial charge in [-0.3, -0.25) is 0 Å². The summed E-state index contributed by atoms with van der Waals surface area (Å²) in [7, 11) is 10.3. The maximum Gasteiger partial charge on any atom is 0.227 e. The number of methoxy groups -OCH3 is 1. The zero-order valence-electron chi connectivity index (χ0n) is 76.9. The molecule has 134 heavy (non-hydrogen) atoms. The van der Waals surface area contributed by atoms with Crippen molar-refractivity contribution in [3.8, 4) is 11.5 Å². The number of likely N-dealkylation sites (N-methyl/N-ethyl adjacent to an activating group) is 4. The maximum absolute atomic E-state index is 14.1. The van der Waals surface area contributed by atoms with Gasteiger partial charge in [-0.2, -0.15) is 0 Å². The standard InChI is InChI=1S/C26H30Cl2FN5O.C26H32ClN5O.C25H28Cl2FN5.C24H25Cl3FN5/c1-3-35-25-16-18(34-14-12-33(2)13-15-34)10-11-24(25)32-26-30-17-21(28)23(31-26)9-4-6-19-20(27)7-5-8-22(19)29;1-19-17-21(32-15-13-31(2)14-16-32)11-12-23(19)29-26-28-18-22(27)24(30-26)9-6-8-20-7-4-5-10-25(20)33-3;1-17-15-18(33-13-11-32(2)12-14-33)9-10-23(17)30-25-29-16-21(27)24(31-25)8-3-5-19-20(26)6-4-7-22(19)28;1-32-10-12-33(13-11-32)16-8-9-23(19(26)14-16)31-24-29-15-20(27)22(30-24)7-2-4-17-18(25)5-3-6-21(17)28/h5,7-8,10-11,16-17H,3-4,6,9,12-15H2,1-2H3,(H,30,31,32);4-5,7,10-12,17-18H,6,8-9,13-16H2,1-3H3,(H,28,29,30);4,6-7,9-10,15-16H,3,5,8,11-14H2,1-2H3,(H,29,30,31);3,5-6,8-9,14-15H,2,4,7,10-13H2,1H3,(H,29,30,31). The van der Waals surface area contributed by atoms with Crippen LogP contribution in [0.15, 0.2) is 176 Å². The van der Waals surface area contributed by atoms with Gasteiger partial charge in [-0.1, -0.05) is 129 Å². The number of hydrogen-bond acceptors (Lipinski definition) is 22. The van der Waals surface area contributed by atoms with E-state index in [0.29, 0.717) is 156 Å². The Morgan fingerprint density at radius 1 is 0.313 bits per heavy atom. The molecule has 4 fully saturated rings. The molecule has 22 nitrogen and oxygen atoms in total. The average molecular weight is 1980 g/mol. The van der Waals surface area contributed by atoms with Gasteiger partial charge in [0.05, 0.1) is 97.8 Å². The molecule has 0 bridgehead atoms. The van der Waals surface area contributed by atoms with Gasteiger partial charge in [0.1, 0.15) is 29.0 Å². The van der Waals surface area contributed by atoms with Crippen LogP contribution in [0, 0.1) is 31.3 Å². The van der Waals surface area contributed by atoms with Crippen LogP contribution in [0.3, 0.4) is 0 Å². The number of ether oxygens (including phenoxy) is 2. The summed E-state index contributed by atoms with van der Waals surface area (Å²) in [5.41, 5.74) is 16.2. The summed E-state index contributed by atoms with van der Waals surface area (Å²) in [6.07, 6.45) is 14.3. The summed E-state index contributed by atoms with van der Waals surface area (Å²) in [5, 5.41) is 17.1. The van der Waals surface area contributed by atoms with Crippen LogP contribution in [0.2, 0.25) is 40.2 Å². The molecule has 0 saturated carbocycles. The predicted octanol–water partition coefficient (Wildman–Crippen LogP) is 23.3. The quantitative estimate of drug-likeness (QED) is 0.0320. The molecule has 4 saturated heterocycles. The molecule has 0 spiro atoms. The first-order chi connectivity index (χ1) is 64.8. The lowest BCUT2D eigenvalue weighted by atomic mass is 10.1. The Kier molecular flexibility index (Phi) is 38.0. The van der Waals surface area contributed by atoms with E-state index in [1.807, 2.05) is 43.3 Å². The van der Waals surface area contributed by atoms with Gasteiger partial charge in [0.2, 0.25) is 23.8 Å². The van der Waals surface area contributed by atoms with Gasteiger partial charge < -0.3 is 69.9 Å². The van der Waals surface area contributed by atoms with Crippen molar-refractivity contribution >= 4 is 162 Å². The highest BCUT2D eigenvalue weighted by Gasteiger charge is 2.24. The van der Waals surface area contributed by atoms with Crippen LogP contribution < -0.4 is 50.3 Å². The topological polar surface area (TPSA) is 196 Å². The summed E-state index contributed by atoms with van der Waals surface area (Å²) < 4.78 is 53.5. The Labute approximate surface area is 825 Å². The van der Waals surface area contributed by atoms with Crippen LogP contribution >= 0.6 is 92.8 Å². The van der Waals surface area contributed by atoms with Crippen molar-refractivity contribution in [1.82, 2.24) is 59.5 Å². The number of rotatable bonds is 31. The van der Waals surface area contributed by atoms with Crippen molar-refractivity contribution < 1.29 is 22.6 Å². The zero-order chi connectivity index (χ0) is 94.7. The number of halogens is 11. The lowest BCUT2D eigenvalue weighted by molar-refractivity contribution is 0.312. The first-order valence-electron chi connectivity index (χ1n) is 45.3. The van der Waals surface area contributed by atoms with Crippen molar-refractivity contribution in [2.75, 3.05) is 187 Å². The highest BCUT2D eigenvalue weighted by Crippen LogP contribution is 2.37. The Morgan fingerprint density at radius 2 is 0.619 bits per heavy atom. The van der Waals surface area contributed by atoms with Gasteiger partial charge in [-0.05, 0) is 252 Å². The van der Waals surface area contributed by atoms with Crippen molar-refractivity contribution in [3.05, 3.63) is 290 Å². The zero-order valence-corrected chi connectivity index (χ0v) is 82.9. The fraction of sp³-hybridized carbons (Fsp3) is 0.366. The van der Waals surface area contributed by atoms with Crippen molar-refractivity contribution in [1.29, 1.82) is 0 Å². The summed E-state index contributed by atoms with van der Waals surface area (Å²) in [6, 6.07) is 47.3. The fourth-order valence-corrected chi connectivity index (χ4v) is 17.9. The number of aryl methyl sites for hydroxylation is 7.